The van der Waals surface area contributed by atoms with Crippen molar-refractivity contribution in [2.45, 2.75) is 36.8 Å². The second-order valence-corrected chi connectivity index (χ2v) is 9.46. The van der Waals surface area contributed by atoms with Gasteiger partial charge in [-0.2, -0.15) is 0 Å². The van der Waals surface area contributed by atoms with Crippen LogP contribution >= 0.6 is 0 Å². The Morgan fingerprint density at radius 2 is 1.76 bits per heavy atom. The molecule has 1 aromatic rings. The van der Waals surface area contributed by atoms with Crippen LogP contribution in [0.1, 0.15) is 25.3 Å². The normalized spacial score (nSPS) is 25.3. The molecule has 2 atom stereocenters. The van der Waals surface area contributed by atoms with Crippen molar-refractivity contribution in [2.75, 3.05) is 11.5 Å². The molecule has 0 aromatic heterocycles. The van der Waals surface area contributed by atoms with Crippen LogP contribution in [-0.2, 0) is 19.9 Å². The van der Waals surface area contributed by atoms with Crippen LogP contribution in [0.15, 0.2) is 29.2 Å². The molecule has 1 aliphatic heterocycles. The Morgan fingerprint density at radius 1 is 1.19 bits per heavy atom. The van der Waals surface area contributed by atoms with Crippen molar-refractivity contribution in [3.63, 3.8) is 0 Å². The number of sulfone groups is 1. The summed E-state index contributed by atoms with van der Waals surface area (Å²) < 4.78 is 49.5. The number of nitrogens with one attached hydrogen (secondary N) is 1. The van der Waals surface area contributed by atoms with Crippen LogP contribution in [0.4, 0.5) is 0 Å². The maximum atomic E-state index is 12.2. The van der Waals surface area contributed by atoms with E-state index in [1.807, 2.05) is 13.8 Å². The van der Waals surface area contributed by atoms with Gasteiger partial charge >= 0.3 is 0 Å². The highest BCUT2D eigenvalue weighted by atomic mass is 32.2. The first-order valence-electron chi connectivity index (χ1n) is 6.61. The van der Waals surface area contributed by atoms with E-state index in [1.165, 1.54) is 12.1 Å². The first kappa shape index (κ1) is 16.4. The molecule has 0 radical (unpaired) electrons. The highest BCUT2D eigenvalue weighted by Gasteiger charge is 2.38. The van der Waals surface area contributed by atoms with Crippen molar-refractivity contribution in [1.82, 2.24) is 4.72 Å². The summed E-state index contributed by atoms with van der Waals surface area (Å²) in [4.78, 5) is 0.0587. The predicted octanol–water partition coefficient (Wildman–Crippen LogP) is 0.246. The lowest BCUT2D eigenvalue weighted by Gasteiger charge is -2.15. The van der Waals surface area contributed by atoms with Crippen LogP contribution in [0.25, 0.3) is 0 Å². The molecule has 8 heteroatoms. The van der Waals surface area contributed by atoms with Gasteiger partial charge in [0, 0.05) is 0 Å². The average Bonchev–Trinajstić information content (AvgIpc) is 2.61. The van der Waals surface area contributed by atoms with E-state index in [0.717, 1.165) is 5.56 Å². The zero-order chi connectivity index (χ0) is 15.8. The fraction of sp³-hybridized carbons (Fsp3) is 0.538. The molecule has 1 heterocycles. The van der Waals surface area contributed by atoms with Gasteiger partial charge in [-0.15, -0.1) is 0 Å². The third kappa shape index (κ3) is 3.82. The Bertz CT molecular complexity index is 707. The second-order valence-electron chi connectivity index (χ2n) is 5.60. The number of sulfonamides is 1. The quantitative estimate of drug-likeness (QED) is 0.822. The number of hydrogen-bond donors (Lipinski definition) is 2. The molecule has 1 saturated heterocycles. The molecule has 1 fully saturated rings. The smallest absolute Gasteiger partial charge is 0.240 e. The molecule has 0 saturated carbocycles. The van der Waals surface area contributed by atoms with Gasteiger partial charge in [0.05, 0.1) is 28.5 Å². The highest BCUT2D eigenvalue weighted by Crippen LogP contribution is 2.19. The summed E-state index contributed by atoms with van der Waals surface area (Å²) in [6.45, 7) is 4.00. The van der Waals surface area contributed by atoms with Crippen molar-refractivity contribution in [1.29, 1.82) is 0 Å². The standard InChI is InChI=1S/C13H19NO5S2/c1-9(2)10-3-5-11(6-4-10)21(18,19)14-12-7-20(16,17)8-13(12)15/h3-6,9,12-15H,7-8H2,1-2H3/t12-,13+/m0/s1. The number of rotatable bonds is 4. The number of benzene rings is 1. The molecule has 2 N–H and O–H groups in total. The fourth-order valence-corrected chi connectivity index (χ4v) is 5.36. The third-order valence-corrected chi connectivity index (χ3v) is 6.71. The first-order valence-corrected chi connectivity index (χ1v) is 9.92. The van der Waals surface area contributed by atoms with E-state index in [9.17, 15) is 21.9 Å². The molecule has 1 aromatic carbocycles. The Kier molecular flexibility index (Phi) is 4.44. The minimum Gasteiger partial charge on any atom is -0.390 e. The summed E-state index contributed by atoms with van der Waals surface area (Å²) in [7, 11) is -7.24. The number of hydrogen-bond acceptors (Lipinski definition) is 5. The highest BCUT2D eigenvalue weighted by molar-refractivity contribution is 7.92. The summed E-state index contributed by atoms with van der Waals surface area (Å²) in [6, 6.07) is 5.41. The fourth-order valence-electron chi connectivity index (χ4n) is 2.24. The van der Waals surface area contributed by atoms with Crippen molar-refractivity contribution in [3.8, 4) is 0 Å². The van der Waals surface area contributed by atoms with Crippen molar-refractivity contribution in [2.24, 2.45) is 0 Å². The molecule has 0 amide bonds. The van der Waals surface area contributed by atoms with Crippen LogP contribution in [0, 0.1) is 0 Å². The Balaban J connectivity index is 2.19. The molecular formula is C13H19NO5S2. The van der Waals surface area contributed by atoms with Crippen molar-refractivity contribution >= 4 is 19.9 Å². The second kappa shape index (κ2) is 5.68. The zero-order valence-corrected chi connectivity index (χ0v) is 13.5. The minimum atomic E-state index is -3.84. The number of aliphatic hydroxyl groups is 1. The van der Waals surface area contributed by atoms with Gasteiger partial charge in [-0.25, -0.2) is 21.6 Å². The van der Waals surface area contributed by atoms with E-state index in [-0.39, 0.29) is 16.6 Å². The molecule has 0 spiro atoms. The van der Waals surface area contributed by atoms with Gasteiger partial charge in [-0.05, 0) is 23.6 Å². The van der Waals surface area contributed by atoms with E-state index in [1.54, 1.807) is 12.1 Å². The summed E-state index contributed by atoms with van der Waals surface area (Å²) >= 11 is 0. The largest absolute Gasteiger partial charge is 0.390 e. The van der Waals surface area contributed by atoms with Gasteiger partial charge < -0.3 is 5.11 Å². The molecule has 6 nitrogen and oxygen atoms in total. The molecule has 21 heavy (non-hydrogen) atoms. The lowest BCUT2D eigenvalue weighted by atomic mass is 10.0. The van der Waals surface area contributed by atoms with Gasteiger partial charge in [-0.3, -0.25) is 0 Å². The third-order valence-electron chi connectivity index (χ3n) is 3.49. The molecule has 118 valence electrons. The van der Waals surface area contributed by atoms with Crippen LogP contribution in [0.2, 0.25) is 0 Å². The molecule has 0 aliphatic carbocycles. The lowest BCUT2D eigenvalue weighted by Crippen LogP contribution is -2.42. The van der Waals surface area contributed by atoms with E-state index in [0.29, 0.717) is 0 Å². The first-order chi connectivity index (χ1) is 9.61. The summed E-state index contributed by atoms with van der Waals surface area (Å²) in [6.07, 6.45) is -1.21. The van der Waals surface area contributed by atoms with Gasteiger partial charge in [-0.1, -0.05) is 26.0 Å². The topological polar surface area (TPSA) is 101 Å². The summed E-state index contributed by atoms with van der Waals surface area (Å²) in [5.74, 6) is -0.499. The van der Waals surface area contributed by atoms with Gasteiger partial charge in [0.1, 0.15) is 0 Å². The van der Waals surface area contributed by atoms with Gasteiger partial charge in [0.2, 0.25) is 10.0 Å². The van der Waals surface area contributed by atoms with Crippen LogP contribution < -0.4 is 4.72 Å². The van der Waals surface area contributed by atoms with Crippen LogP contribution in [-0.4, -0.2) is 45.6 Å². The molecule has 0 bridgehead atoms. The average molecular weight is 333 g/mol. The minimum absolute atomic E-state index is 0.0587. The molecular weight excluding hydrogens is 314 g/mol. The van der Waals surface area contributed by atoms with E-state index in [4.69, 9.17) is 0 Å². The summed E-state index contributed by atoms with van der Waals surface area (Å²) in [5.41, 5.74) is 1.01. The van der Waals surface area contributed by atoms with E-state index >= 15 is 0 Å². The Hall–Kier alpha value is -0.960. The SMILES string of the molecule is CC(C)c1ccc(S(=O)(=O)N[C@H]2CS(=O)(=O)C[C@H]2O)cc1. The summed E-state index contributed by atoms with van der Waals surface area (Å²) in [5, 5.41) is 9.65. The van der Waals surface area contributed by atoms with Crippen molar-refractivity contribution < 1.29 is 21.9 Å². The lowest BCUT2D eigenvalue weighted by molar-refractivity contribution is 0.176. The molecule has 1 aliphatic rings. The predicted molar refractivity (Wildman–Crippen MR) is 79.3 cm³/mol. The Morgan fingerprint density at radius 3 is 2.19 bits per heavy atom. The molecule has 0 unspecified atom stereocenters. The van der Waals surface area contributed by atoms with Crippen molar-refractivity contribution in [3.05, 3.63) is 29.8 Å². The van der Waals surface area contributed by atoms with Gasteiger partial charge in [0.15, 0.2) is 9.84 Å². The maximum Gasteiger partial charge on any atom is 0.240 e. The zero-order valence-electron chi connectivity index (χ0n) is 11.9. The van der Waals surface area contributed by atoms with Gasteiger partial charge in [0.25, 0.3) is 0 Å². The van der Waals surface area contributed by atoms with Crippen LogP contribution in [0.3, 0.4) is 0 Å². The van der Waals surface area contributed by atoms with Crippen LogP contribution in [0.5, 0.6) is 0 Å². The van der Waals surface area contributed by atoms with E-state index in [2.05, 4.69) is 4.72 Å². The van der Waals surface area contributed by atoms with E-state index < -0.39 is 37.8 Å². The number of aliphatic hydroxyl groups excluding tert-OH is 1. The maximum absolute atomic E-state index is 12.2. The Labute approximate surface area is 125 Å². The molecule has 2 rings (SSSR count). The monoisotopic (exact) mass is 333 g/mol.